The molecule has 0 bridgehead atoms. The highest BCUT2D eigenvalue weighted by molar-refractivity contribution is 6.33. The van der Waals surface area contributed by atoms with Crippen LogP contribution in [0.25, 0.3) is 11.3 Å². The Morgan fingerprint density at radius 2 is 2.12 bits per heavy atom. The SMILES string of the molecule is CCOC(=O)Nc1oc(-c2ccc(F)cc2Cl)c(O)c1OC(C)=O. The van der Waals surface area contributed by atoms with Gasteiger partial charge in [0.15, 0.2) is 5.76 Å². The minimum absolute atomic E-state index is 0.0453. The number of anilines is 1. The summed E-state index contributed by atoms with van der Waals surface area (Å²) >= 11 is 5.93. The highest BCUT2D eigenvalue weighted by atomic mass is 35.5. The van der Waals surface area contributed by atoms with Crippen molar-refractivity contribution in [1.29, 1.82) is 0 Å². The predicted octanol–water partition coefficient (Wildman–Crippen LogP) is 3.94. The number of furan rings is 1. The number of halogens is 2. The molecule has 0 fully saturated rings. The van der Waals surface area contributed by atoms with Gasteiger partial charge < -0.3 is 19.0 Å². The van der Waals surface area contributed by atoms with E-state index in [-0.39, 0.29) is 28.8 Å². The minimum Gasteiger partial charge on any atom is -0.502 e. The smallest absolute Gasteiger partial charge is 0.414 e. The summed E-state index contributed by atoms with van der Waals surface area (Å²) in [5, 5.41) is 12.4. The Balaban J connectivity index is 2.51. The molecule has 2 rings (SSSR count). The molecule has 7 nitrogen and oxygen atoms in total. The third-order valence-corrected chi connectivity index (χ3v) is 3.07. The highest BCUT2D eigenvalue weighted by Crippen LogP contribution is 2.47. The molecule has 1 heterocycles. The Bertz CT molecular complexity index is 789. The molecule has 0 unspecified atom stereocenters. The number of hydrogen-bond donors (Lipinski definition) is 2. The minimum atomic E-state index is -0.878. The fraction of sp³-hybridized carbons (Fsp3) is 0.200. The van der Waals surface area contributed by atoms with Crippen molar-refractivity contribution in [3.8, 4) is 22.8 Å². The van der Waals surface area contributed by atoms with Crippen LogP contribution < -0.4 is 10.1 Å². The first-order valence-electron chi connectivity index (χ1n) is 6.76. The summed E-state index contributed by atoms with van der Waals surface area (Å²) in [7, 11) is 0. The van der Waals surface area contributed by atoms with E-state index in [1.165, 1.54) is 6.07 Å². The molecule has 2 aromatic rings. The molecule has 0 aliphatic carbocycles. The zero-order chi connectivity index (χ0) is 17.9. The Kier molecular flexibility index (Phi) is 5.30. The Morgan fingerprint density at radius 1 is 1.42 bits per heavy atom. The van der Waals surface area contributed by atoms with Gasteiger partial charge in [-0.3, -0.25) is 10.1 Å². The van der Waals surface area contributed by atoms with Gasteiger partial charge in [0.05, 0.1) is 11.6 Å². The normalized spacial score (nSPS) is 10.3. The van der Waals surface area contributed by atoms with Crippen LogP contribution in [0.1, 0.15) is 13.8 Å². The summed E-state index contributed by atoms with van der Waals surface area (Å²) < 4.78 is 28.0. The molecule has 24 heavy (non-hydrogen) atoms. The van der Waals surface area contributed by atoms with Gasteiger partial charge in [-0.1, -0.05) is 11.6 Å². The van der Waals surface area contributed by atoms with Crippen LogP contribution in [0.15, 0.2) is 22.6 Å². The molecule has 128 valence electrons. The summed E-state index contributed by atoms with van der Waals surface area (Å²) in [5.74, 6) is -2.88. The van der Waals surface area contributed by atoms with E-state index in [1.807, 2.05) is 0 Å². The predicted molar refractivity (Wildman–Crippen MR) is 82.7 cm³/mol. The van der Waals surface area contributed by atoms with Crippen LogP contribution in [0, 0.1) is 5.82 Å². The molecule has 1 amide bonds. The van der Waals surface area contributed by atoms with Crippen molar-refractivity contribution in [2.75, 3.05) is 11.9 Å². The molecule has 1 aromatic heterocycles. The first-order chi connectivity index (χ1) is 11.3. The van der Waals surface area contributed by atoms with Gasteiger partial charge in [0, 0.05) is 12.5 Å². The summed E-state index contributed by atoms with van der Waals surface area (Å²) in [6.45, 7) is 2.79. The number of nitrogens with one attached hydrogen (secondary N) is 1. The van der Waals surface area contributed by atoms with Crippen LogP contribution in [-0.4, -0.2) is 23.8 Å². The second-order valence-electron chi connectivity index (χ2n) is 4.50. The first-order valence-corrected chi connectivity index (χ1v) is 7.14. The van der Waals surface area contributed by atoms with E-state index in [2.05, 4.69) is 5.32 Å². The number of carbonyl (C=O) groups excluding carboxylic acids is 2. The zero-order valence-corrected chi connectivity index (χ0v) is 13.4. The lowest BCUT2D eigenvalue weighted by Gasteiger charge is -2.04. The molecule has 0 atom stereocenters. The maximum absolute atomic E-state index is 13.2. The van der Waals surface area contributed by atoms with Crippen LogP contribution in [-0.2, 0) is 9.53 Å². The summed E-state index contributed by atoms with van der Waals surface area (Å²) in [6.07, 6.45) is -0.878. The third-order valence-electron chi connectivity index (χ3n) is 2.75. The third kappa shape index (κ3) is 3.77. The average molecular weight is 358 g/mol. The topological polar surface area (TPSA) is 98.0 Å². The summed E-state index contributed by atoms with van der Waals surface area (Å²) in [6, 6.07) is 3.39. The monoisotopic (exact) mass is 357 g/mol. The lowest BCUT2D eigenvalue weighted by molar-refractivity contribution is -0.132. The second-order valence-corrected chi connectivity index (χ2v) is 4.91. The quantitative estimate of drug-likeness (QED) is 0.804. The fourth-order valence-electron chi connectivity index (χ4n) is 1.84. The van der Waals surface area contributed by atoms with E-state index in [1.54, 1.807) is 6.92 Å². The van der Waals surface area contributed by atoms with Crippen molar-refractivity contribution in [3.05, 3.63) is 29.0 Å². The average Bonchev–Trinajstić information content (AvgIpc) is 2.76. The maximum atomic E-state index is 13.2. The molecule has 0 aliphatic rings. The van der Waals surface area contributed by atoms with Crippen molar-refractivity contribution < 1.29 is 33.0 Å². The summed E-state index contributed by atoms with van der Waals surface area (Å²) in [4.78, 5) is 22.7. The Hall–Kier alpha value is -2.74. The molecule has 9 heteroatoms. The van der Waals surface area contributed by atoms with Crippen LogP contribution in [0.5, 0.6) is 11.5 Å². The molecule has 0 aliphatic heterocycles. The van der Waals surface area contributed by atoms with Crippen molar-refractivity contribution in [3.63, 3.8) is 0 Å². The number of esters is 1. The van der Waals surface area contributed by atoms with Crippen LogP contribution in [0.4, 0.5) is 15.1 Å². The lowest BCUT2D eigenvalue weighted by atomic mass is 10.1. The van der Waals surface area contributed by atoms with Crippen LogP contribution in [0.3, 0.4) is 0 Å². The van der Waals surface area contributed by atoms with E-state index >= 15 is 0 Å². The Morgan fingerprint density at radius 3 is 2.71 bits per heavy atom. The van der Waals surface area contributed by atoms with Gasteiger partial charge in [-0.15, -0.1) is 0 Å². The van der Waals surface area contributed by atoms with Gasteiger partial charge >= 0.3 is 12.1 Å². The van der Waals surface area contributed by atoms with Crippen LogP contribution in [0.2, 0.25) is 5.02 Å². The number of benzene rings is 1. The molecular formula is C15H13ClFNO6. The summed E-state index contributed by atoms with van der Waals surface area (Å²) in [5.41, 5.74) is 0.140. The van der Waals surface area contributed by atoms with Crippen molar-refractivity contribution in [1.82, 2.24) is 0 Å². The lowest BCUT2D eigenvalue weighted by Crippen LogP contribution is -2.14. The molecule has 0 spiro atoms. The number of hydrogen-bond acceptors (Lipinski definition) is 6. The highest BCUT2D eigenvalue weighted by Gasteiger charge is 2.27. The van der Waals surface area contributed by atoms with Crippen molar-refractivity contribution >= 4 is 29.5 Å². The molecular weight excluding hydrogens is 345 g/mol. The van der Waals surface area contributed by atoms with E-state index in [0.717, 1.165) is 19.1 Å². The van der Waals surface area contributed by atoms with Gasteiger partial charge in [-0.05, 0) is 25.1 Å². The van der Waals surface area contributed by atoms with Crippen molar-refractivity contribution in [2.45, 2.75) is 13.8 Å². The molecule has 0 saturated carbocycles. The van der Waals surface area contributed by atoms with E-state index in [0.29, 0.717) is 0 Å². The van der Waals surface area contributed by atoms with E-state index in [9.17, 15) is 19.1 Å². The number of ether oxygens (including phenoxy) is 2. The largest absolute Gasteiger partial charge is 0.502 e. The molecule has 2 N–H and O–H groups in total. The standard InChI is InChI=1S/C15H13ClFNO6/c1-3-22-15(21)18-14-13(23-7(2)19)11(20)12(24-14)9-5-4-8(17)6-10(9)16/h4-6,20H,3H2,1-2H3,(H,18,21). The number of carbonyl (C=O) groups is 2. The van der Waals surface area contributed by atoms with Gasteiger partial charge in [0.25, 0.3) is 5.88 Å². The Labute approximate surface area is 140 Å². The number of rotatable bonds is 4. The van der Waals surface area contributed by atoms with E-state index < -0.39 is 29.4 Å². The molecule has 0 radical (unpaired) electrons. The zero-order valence-electron chi connectivity index (χ0n) is 12.7. The first kappa shape index (κ1) is 17.6. The van der Waals surface area contributed by atoms with Gasteiger partial charge in [0.2, 0.25) is 11.5 Å². The number of aromatic hydroxyl groups is 1. The van der Waals surface area contributed by atoms with E-state index in [4.69, 9.17) is 25.5 Å². The van der Waals surface area contributed by atoms with Gasteiger partial charge in [-0.2, -0.15) is 0 Å². The van der Waals surface area contributed by atoms with Crippen LogP contribution >= 0.6 is 11.6 Å². The fourth-order valence-corrected chi connectivity index (χ4v) is 2.10. The second kappa shape index (κ2) is 7.22. The van der Waals surface area contributed by atoms with Gasteiger partial charge in [-0.25, -0.2) is 9.18 Å². The maximum Gasteiger partial charge on any atom is 0.414 e. The molecule has 0 saturated heterocycles. The number of amides is 1. The molecule has 1 aromatic carbocycles. The van der Waals surface area contributed by atoms with Gasteiger partial charge in [0.1, 0.15) is 5.82 Å². The van der Waals surface area contributed by atoms with Crippen molar-refractivity contribution in [2.24, 2.45) is 0 Å².